The molecule has 158 valence electrons. The second kappa shape index (κ2) is 8.00. The fraction of sp³-hybridized carbons (Fsp3) is 0.375. The van der Waals surface area contributed by atoms with E-state index in [1.165, 1.54) is 0 Å². The number of pyridine rings is 1. The van der Waals surface area contributed by atoms with Crippen LogP contribution >= 0.6 is 0 Å². The molecule has 3 aromatic rings. The average molecular weight is 425 g/mol. The molecular formula is C24H28N2O3S. The van der Waals surface area contributed by atoms with Crippen molar-refractivity contribution >= 4 is 20.9 Å². The van der Waals surface area contributed by atoms with E-state index in [9.17, 15) is 13.2 Å². The lowest BCUT2D eigenvalue weighted by Gasteiger charge is -2.28. The molecule has 0 saturated heterocycles. The zero-order chi connectivity index (χ0) is 21.5. The van der Waals surface area contributed by atoms with Crippen molar-refractivity contribution in [2.75, 3.05) is 0 Å². The van der Waals surface area contributed by atoms with Gasteiger partial charge in [-0.05, 0) is 68.3 Å². The van der Waals surface area contributed by atoms with Crippen molar-refractivity contribution in [2.24, 2.45) is 0 Å². The van der Waals surface area contributed by atoms with Crippen LogP contribution in [0.2, 0.25) is 0 Å². The third-order valence-electron chi connectivity index (χ3n) is 6.31. The molecule has 1 aliphatic rings. The van der Waals surface area contributed by atoms with Crippen LogP contribution in [0.1, 0.15) is 47.9 Å². The predicted molar refractivity (Wildman–Crippen MR) is 120 cm³/mol. The highest BCUT2D eigenvalue weighted by molar-refractivity contribution is 7.89. The van der Waals surface area contributed by atoms with Crippen molar-refractivity contribution in [3.05, 3.63) is 75.1 Å². The second-order valence-corrected chi connectivity index (χ2v) is 10.3. The number of benzene rings is 2. The van der Waals surface area contributed by atoms with E-state index in [1.54, 1.807) is 16.4 Å². The summed E-state index contributed by atoms with van der Waals surface area (Å²) < 4.78 is 28.6. The molecule has 1 fully saturated rings. The van der Waals surface area contributed by atoms with Gasteiger partial charge in [0.15, 0.2) is 0 Å². The molecule has 1 heterocycles. The number of aryl methyl sites for hydroxylation is 3. The lowest BCUT2D eigenvalue weighted by Crippen LogP contribution is -2.39. The molecule has 0 unspecified atom stereocenters. The summed E-state index contributed by atoms with van der Waals surface area (Å²) in [5, 5.41) is 0.923. The van der Waals surface area contributed by atoms with Gasteiger partial charge in [-0.25, -0.2) is 8.42 Å². The standard InChI is InChI=1S/C24H28N2O3S/c1-16-8-12-22(13-9-16)30(28,29)26(21-6-4-5-7-21)15-20-14-19-11-10-17(2)18(3)23(19)25-24(20)27/h8-14,21H,4-7,15H2,1-3H3,(H,25,27). The average Bonchev–Trinajstić information content (AvgIpc) is 3.24. The van der Waals surface area contributed by atoms with Gasteiger partial charge in [-0.1, -0.05) is 42.7 Å². The normalized spacial score (nSPS) is 15.3. The molecule has 1 N–H and O–H groups in total. The minimum absolute atomic E-state index is 0.0776. The zero-order valence-corrected chi connectivity index (χ0v) is 18.6. The lowest BCUT2D eigenvalue weighted by atomic mass is 10.0. The second-order valence-electron chi connectivity index (χ2n) is 8.40. The maximum atomic E-state index is 13.5. The number of fused-ring (bicyclic) bond motifs is 1. The Morgan fingerprint density at radius 1 is 1.00 bits per heavy atom. The highest BCUT2D eigenvalue weighted by Gasteiger charge is 2.34. The van der Waals surface area contributed by atoms with E-state index in [1.807, 2.05) is 51.1 Å². The summed E-state index contributed by atoms with van der Waals surface area (Å²) in [5.41, 5.74) is 4.23. The SMILES string of the molecule is Cc1ccc(S(=O)(=O)N(Cc2cc3ccc(C)c(C)c3[nH]c2=O)C2CCCC2)cc1. The molecule has 0 atom stereocenters. The van der Waals surface area contributed by atoms with Gasteiger partial charge in [0.1, 0.15) is 0 Å². The van der Waals surface area contributed by atoms with Crippen LogP contribution in [0.15, 0.2) is 52.2 Å². The quantitative estimate of drug-likeness (QED) is 0.651. The Bertz CT molecular complexity index is 1240. The molecule has 6 heteroatoms. The third kappa shape index (κ3) is 3.82. The van der Waals surface area contributed by atoms with E-state index >= 15 is 0 Å². The Labute approximate surface area is 177 Å². The van der Waals surface area contributed by atoms with Gasteiger partial charge in [0.05, 0.1) is 10.4 Å². The van der Waals surface area contributed by atoms with Crippen LogP contribution in [0.4, 0.5) is 0 Å². The minimum atomic E-state index is -3.70. The van der Waals surface area contributed by atoms with Crippen LogP contribution in [0.3, 0.4) is 0 Å². The summed E-state index contributed by atoms with van der Waals surface area (Å²) >= 11 is 0. The highest BCUT2D eigenvalue weighted by atomic mass is 32.2. The molecule has 0 bridgehead atoms. The summed E-state index contributed by atoms with van der Waals surface area (Å²) in [4.78, 5) is 16.1. The first-order chi connectivity index (χ1) is 14.3. The van der Waals surface area contributed by atoms with Crippen LogP contribution in [-0.2, 0) is 16.6 Å². The van der Waals surface area contributed by atoms with Crippen LogP contribution in [-0.4, -0.2) is 23.7 Å². The number of aromatic amines is 1. The number of sulfonamides is 1. The van der Waals surface area contributed by atoms with E-state index in [0.29, 0.717) is 5.56 Å². The lowest BCUT2D eigenvalue weighted by molar-refractivity contribution is 0.315. The number of hydrogen-bond donors (Lipinski definition) is 1. The molecule has 30 heavy (non-hydrogen) atoms. The Morgan fingerprint density at radius 2 is 1.67 bits per heavy atom. The summed E-state index contributed by atoms with van der Waals surface area (Å²) in [6.45, 7) is 6.01. The molecule has 0 radical (unpaired) electrons. The number of nitrogens with one attached hydrogen (secondary N) is 1. The van der Waals surface area contributed by atoms with E-state index in [2.05, 4.69) is 4.98 Å². The number of aromatic nitrogens is 1. The van der Waals surface area contributed by atoms with E-state index in [0.717, 1.165) is 53.3 Å². The Balaban J connectivity index is 1.78. The summed E-state index contributed by atoms with van der Waals surface area (Å²) in [6.07, 6.45) is 3.68. The van der Waals surface area contributed by atoms with E-state index < -0.39 is 10.0 Å². The number of H-pyrrole nitrogens is 1. The zero-order valence-electron chi connectivity index (χ0n) is 17.7. The summed E-state index contributed by atoms with van der Waals surface area (Å²) in [5.74, 6) is 0. The number of hydrogen-bond acceptors (Lipinski definition) is 3. The van der Waals surface area contributed by atoms with Crippen molar-refractivity contribution in [3.63, 3.8) is 0 Å². The Morgan fingerprint density at radius 3 is 2.33 bits per heavy atom. The molecule has 0 spiro atoms. The van der Waals surface area contributed by atoms with Crippen LogP contribution in [0.25, 0.3) is 10.9 Å². The molecule has 1 saturated carbocycles. The maximum absolute atomic E-state index is 13.5. The number of nitrogens with zero attached hydrogens (tertiary/aromatic N) is 1. The van der Waals surface area contributed by atoms with Crippen LogP contribution in [0.5, 0.6) is 0 Å². The van der Waals surface area contributed by atoms with Gasteiger partial charge in [0, 0.05) is 18.2 Å². The van der Waals surface area contributed by atoms with Gasteiger partial charge < -0.3 is 4.98 Å². The molecule has 1 aliphatic carbocycles. The molecule has 2 aromatic carbocycles. The largest absolute Gasteiger partial charge is 0.321 e. The highest BCUT2D eigenvalue weighted by Crippen LogP contribution is 2.30. The molecule has 4 rings (SSSR count). The minimum Gasteiger partial charge on any atom is -0.321 e. The first-order valence-electron chi connectivity index (χ1n) is 10.5. The third-order valence-corrected chi connectivity index (χ3v) is 8.23. The van der Waals surface area contributed by atoms with Gasteiger partial charge in [0.25, 0.3) is 5.56 Å². The van der Waals surface area contributed by atoms with Gasteiger partial charge >= 0.3 is 0 Å². The molecular weight excluding hydrogens is 396 g/mol. The van der Waals surface area contributed by atoms with E-state index in [4.69, 9.17) is 0 Å². The molecule has 1 aromatic heterocycles. The van der Waals surface area contributed by atoms with Gasteiger partial charge in [-0.2, -0.15) is 4.31 Å². The number of rotatable bonds is 5. The molecule has 5 nitrogen and oxygen atoms in total. The fourth-order valence-electron chi connectivity index (χ4n) is 4.30. The van der Waals surface area contributed by atoms with Crippen LogP contribution < -0.4 is 5.56 Å². The van der Waals surface area contributed by atoms with Crippen molar-refractivity contribution < 1.29 is 8.42 Å². The van der Waals surface area contributed by atoms with Crippen molar-refractivity contribution in [1.29, 1.82) is 0 Å². The first-order valence-corrected chi connectivity index (χ1v) is 11.9. The maximum Gasteiger partial charge on any atom is 0.252 e. The fourth-order valence-corrected chi connectivity index (χ4v) is 5.97. The summed E-state index contributed by atoms with van der Waals surface area (Å²) in [7, 11) is -3.70. The van der Waals surface area contributed by atoms with Crippen molar-refractivity contribution in [1.82, 2.24) is 9.29 Å². The first kappa shape index (κ1) is 20.8. The Kier molecular flexibility index (Phi) is 5.55. The Hall–Kier alpha value is -2.44. The van der Waals surface area contributed by atoms with Crippen LogP contribution in [0, 0.1) is 20.8 Å². The van der Waals surface area contributed by atoms with Gasteiger partial charge in [0.2, 0.25) is 10.0 Å². The topological polar surface area (TPSA) is 70.2 Å². The van der Waals surface area contributed by atoms with Gasteiger partial charge in [-0.3, -0.25) is 4.79 Å². The van der Waals surface area contributed by atoms with Crippen molar-refractivity contribution in [2.45, 2.75) is 63.9 Å². The monoisotopic (exact) mass is 424 g/mol. The van der Waals surface area contributed by atoms with E-state index in [-0.39, 0.29) is 23.0 Å². The van der Waals surface area contributed by atoms with Crippen molar-refractivity contribution in [3.8, 4) is 0 Å². The molecule has 0 aliphatic heterocycles. The van der Waals surface area contributed by atoms with Gasteiger partial charge in [-0.15, -0.1) is 0 Å². The predicted octanol–water partition coefficient (Wildman–Crippen LogP) is 4.59. The summed E-state index contributed by atoms with van der Waals surface area (Å²) in [6, 6.07) is 12.7. The smallest absolute Gasteiger partial charge is 0.252 e. The molecule has 0 amide bonds.